The third-order valence-electron chi connectivity index (χ3n) is 4.92. The average molecular weight is 701 g/mol. The van der Waals surface area contributed by atoms with Gasteiger partial charge in [0, 0.05) is 11.8 Å². The van der Waals surface area contributed by atoms with E-state index in [1.54, 1.807) is 6.92 Å². The van der Waals surface area contributed by atoms with Crippen molar-refractivity contribution in [2.24, 2.45) is 5.41 Å². The quantitative estimate of drug-likeness (QED) is 0.130. The van der Waals surface area contributed by atoms with Gasteiger partial charge in [0.05, 0.1) is 0 Å². The van der Waals surface area contributed by atoms with Gasteiger partial charge in [0.1, 0.15) is 5.75 Å². The lowest BCUT2D eigenvalue weighted by atomic mass is 9.91. The lowest BCUT2D eigenvalue weighted by Gasteiger charge is -2.42. The Kier molecular flexibility index (Phi) is 11.6. The standard InChI is InChI=1S/C19H22F17O4S2/c1-5-6-7-10(37)8-41(9-11(2,3)4)40-42(38,39)19(35,36)17(30,31)15(26,27)13(22,23)12(20,21)14(24,25)16(28,29)18(32,33)34/h5-9H2,1-4H3/q+1. The van der Waals surface area contributed by atoms with E-state index < -0.39 is 91.0 Å². The van der Waals surface area contributed by atoms with E-state index in [1.165, 1.54) is 20.8 Å². The second-order valence-electron chi connectivity index (χ2n) is 9.91. The van der Waals surface area contributed by atoms with Gasteiger partial charge in [-0.25, -0.2) is 0 Å². The van der Waals surface area contributed by atoms with Crippen LogP contribution >= 0.6 is 0 Å². The summed E-state index contributed by atoms with van der Waals surface area (Å²) in [5, 5.41) is -7.78. The molecule has 252 valence electrons. The molecule has 0 saturated carbocycles. The molecule has 0 aliphatic carbocycles. The normalized spacial score (nSPS) is 16.5. The van der Waals surface area contributed by atoms with Crippen molar-refractivity contribution in [2.75, 3.05) is 11.5 Å². The van der Waals surface area contributed by atoms with E-state index in [1.807, 2.05) is 0 Å². The van der Waals surface area contributed by atoms with Crippen LogP contribution in [0.5, 0.6) is 0 Å². The van der Waals surface area contributed by atoms with Gasteiger partial charge in [-0.05, 0) is 10.1 Å². The third kappa shape index (κ3) is 7.01. The number of alkyl halides is 17. The van der Waals surface area contributed by atoms with Crippen LogP contribution in [0.15, 0.2) is 0 Å². The summed E-state index contributed by atoms with van der Waals surface area (Å²) in [6.07, 6.45) is -7.84. The molecule has 0 aromatic rings. The van der Waals surface area contributed by atoms with Gasteiger partial charge in [-0.3, -0.25) is 4.79 Å². The molecule has 0 saturated heterocycles. The van der Waals surface area contributed by atoms with E-state index in [2.05, 4.69) is 3.63 Å². The topological polar surface area (TPSA) is 60.4 Å². The lowest BCUT2D eigenvalue weighted by Crippen LogP contribution is -2.75. The molecule has 1 unspecified atom stereocenters. The number of hydrogen-bond acceptors (Lipinski definition) is 4. The minimum absolute atomic E-state index is 0.111. The first-order valence-corrected chi connectivity index (χ1v) is 13.8. The Morgan fingerprint density at radius 3 is 1.33 bits per heavy atom. The number of carbonyl (C=O) groups excluding carboxylic acids is 1. The van der Waals surface area contributed by atoms with Crippen molar-refractivity contribution in [3.8, 4) is 0 Å². The van der Waals surface area contributed by atoms with E-state index in [-0.39, 0.29) is 12.8 Å². The molecule has 1 atom stereocenters. The maximum atomic E-state index is 14.3. The Labute approximate surface area is 230 Å². The van der Waals surface area contributed by atoms with E-state index in [0.29, 0.717) is 6.42 Å². The smallest absolute Gasteiger partial charge is 0.294 e. The van der Waals surface area contributed by atoms with Crippen molar-refractivity contribution >= 4 is 27.1 Å². The molecule has 0 N–H and O–H groups in total. The SMILES string of the molecule is CCCCC(=O)C[S+](CC(C)(C)C)OS(=O)(=O)C(F)(F)C(F)(F)C(F)(F)C(F)(F)C(F)(F)C(F)(F)C(F)(F)C(F)(F)F. The minimum atomic E-state index is -8.93. The molecule has 0 aliphatic rings. The number of carbonyl (C=O) groups is 1. The molecule has 0 aromatic carbocycles. The maximum Gasteiger partial charge on any atom is 0.460 e. The van der Waals surface area contributed by atoms with E-state index in [0.717, 1.165) is 0 Å². The number of Topliss-reactive ketones (excluding diaryl/α,β-unsaturated/α-hetero) is 1. The molecular weight excluding hydrogens is 679 g/mol. The summed E-state index contributed by atoms with van der Waals surface area (Å²) in [6, 6.07) is 0. The van der Waals surface area contributed by atoms with Gasteiger partial charge >= 0.3 is 57.1 Å². The monoisotopic (exact) mass is 701 g/mol. The molecular formula is C19H22F17O4S2+. The van der Waals surface area contributed by atoms with E-state index in [4.69, 9.17) is 0 Å². The van der Waals surface area contributed by atoms with Gasteiger partial charge in [-0.15, -0.1) is 0 Å². The van der Waals surface area contributed by atoms with E-state index >= 15 is 0 Å². The molecule has 0 spiro atoms. The van der Waals surface area contributed by atoms with Gasteiger partial charge in [0.25, 0.3) is 0 Å². The van der Waals surface area contributed by atoms with Crippen LogP contribution in [-0.4, -0.2) is 72.7 Å². The number of halogens is 17. The Balaban J connectivity index is 6.87. The van der Waals surface area contributed by atoms with Crippen LogP contribution in [0.25, 0.3) is 0 Å². The van der Waals surface area contributed by atoms with Crippen molar-refractivity contribution in [3.05, 3.63) is 0 Å². The van der Waals surface area contributed by atoms with E-state index in [9.17, 15) is 87.8 Å². The fourth-order valence-corrected chi connectivity index (χ4v) is 6.44. The predicted octanol–water partition coefficient (Wildman–Crippen LogP) is 7.64. The molecule has 0 aromatic heterocycles. The van der Waals surface area contributed by atoms with Gasteiger partial charge < -0.3 is 0 Å². The summed E-state index contributed by atoms with van der Waals surface area (Å²) in [5.41, 5.74) is -1.21. The molecule has 0 radical (unpaired) electrons. The lowest BCUT2D eigenvalue weighted by molar-refractivity contribution is -0.458. The second kappa shape index (κ2) is 11.9. The van der Waals surface area contributed by atoms with Gasteiger partial charge in [0.15, 0.2) is 17.0 Å². The van der Waals surface area contributed by atoms with Gasteiger partial charge in [-0.1, -0.05) is 34.1 Å². The molecule has 0 amide bonds. The summed E-state index contributed by atoms with van der Waals surface area (Å²) in [6.45, 7) is 5.21. The highest BCUT2D eigenvalue weighted by Crippen LogP contribution is 2.64. The molecule has 0 heterocycles. The van der Waals surface area contributed by atoms with Crippen molar-refractivity contribution in [3.63, 3.8) is 0 Å². The largest absolute Gasteiger partial charge is 0.460 e. The number of rotatable bonds is 15. The first-order valence-electron chi connectivity index (χ1n) is 10.9. The Morgan fingerprint density at radius 1 is 0.643 bits per heavy atom. The highest BCUT2D eigenvalue weighted by Gasteiger charge is 2.96. The number of hydrogen-bond donors (Lipinski definition) is 0. The molecule has 0 bridgehead atoms. The summed E-state index contributed by atoms with van der Waals surface area (Å²) >= 11 is -2.75. The number of ketones is 1. The third-order valence-corrected chi connectivity index (χ3v) is 9.12. The van der Waals surface area contributed by atoms with Crippen LogP contribution in [-0.2, 0) is 29.7 Å². The summed E-state index contributed by atoms with van der Waals surface area (Å²) in [4.78, 5) is 12.0. The van der Waals surface area contributed by atoms with Crippen LogP contribution in [0.1, 0.15) is 47.0 Å². The Bertz CT molecular complexity index is 1060. The van der Waals surface area contributed by atoms with Crippen molar-refractivity contribution in [1.29, 1.82) is 0 Å². The van der Waals surface area contributed by atoms with Crippen molar-refractivity contribution in [1.82, 2.24) is 0 Å². The van der Waals surface area contributed by atoms with Crippen molar-refractivity contribution in [2.45, 2.75) is 93.9 Å². The van der Waals surface area contributed by atoms with Crippen molar-refractivity contribution < 1.29 is 91.5 Å². The van der Waals surface area contributed by atoms with Gasteiger partial charge in [-0.2, -0.15) is 83.1 Å². The van der Waals surface area contributed by atoms with Gasteiger partial charge in [0.2, 0.25) is 5.75 Å². The zero-order chi connectivity index (χ0) is 34.4. The Hall–Kier alpha value is -1.26. The summed E-state index contributed by atoms with van der Waals surface area (Å²) < 4.78 is 256. The van der Waals surface area contributed by atoms with Crippen LogP contribution < -0.4 is 0 Å². The fraction of sp³-hybridized carbons (Fsp3) is 0.947. The maximum absolute atomic E-state index is 14.3. The molecule has 4 nitrogen and oxygen atoms in total. The first-order chi connectivity index (χ1) is 18.0. The summed E-state index contributed by atoms with van der Waals surface area (Å²) in [7, 11) is -7.73. The number of unbranched alkanes of at least 4 members (excludes halogenated alkanes) is 1. The Morgan fingerprint density at radius 2 is 1.00 bits per heavy atom. The molecule has 0 fully saturated rings. The summed E-state index contributed by atoms with van der Waals surface area (Å²) in [5.74, 6) is -55.0. The molecule has 23 heteroatoms. The minimum Gasteiger partial charge on any atom is -0.294 e. The highest BCUT2D eigenvalue weighted by atomic mass is 32.3. The zero-order valence-corrected chi connectivity index (χ0v) is 23.0. The first kappa shape index (κ1) is 40.7. The zero-order valence-electron chi connectivity index (χ0n) is 21.4. The molecule has 0 rings (SSSR count). The predicted molar refractivity (Wildman–Crippen MR) is 112 cm³/mol. The van der Waals surface area contributed by atoms with Crippen LogP contribution in [0.3, 0.4) is 0 Å². The molecule has 0 aliphatic heterocycles. The van der Waals surface area contributed by atoms with Crippen LogP contribution in [0.2, 0.25) is 0 Å². The van der Waals surface area contributed by atoms with Crippen LogP contribution in [0.4, 0.5) is 74.6 Å². The molecule has 42 heavy (non-hydrogen) atoms. The highest BCUT2D eigenvalue weighted by molar-refractivity contribution is 8.03. The second-order valence-corrected chi connectivity index (χ2v) is 13.3. The van der Waals surface area contributed by atoms with Crippen LogP contribution in [0, 0.1) is 5.41 Å². The fourth-order valence-electron chi connectivity index (χ4n) is 2.68. The average Bonchev–Trinajstić information content (AvgIpc) is 2.74.